The van der Waals surface area contributed by atoms with Crippen LogP contribution in [0.1, 0.15) is 18.9 Å². The van der Waals surface area contributed by atoms with E-state index in [1.165, 1.54) is 23.5 Å². The molecule has 0 saturated carbocycles. The van der Waals surface area contributed by atoms with Crippen molar-refractivity contribution in [3.05, 3.63) is 29.8 Å². The van der Waals surface area contributed by atoms with E-state index < -0.39 is 8.07 Å². The highest BCUT2D eigenvalue weighted by Gasteiger charge is 2.15. The summed E-state index contributed by atoms with van der Waals surface area (Å²) < 4.78 is 0. The quantitative estimate of drug-likeness (QED) is 0.554. The van der Waals surface area contributed by atoms with Gasteiger partial charge in [0.15, 0.2) is 0 Å². The fourth-order valence-corrected chi connectivity index (χ4v) is 3.46. The zero-order valence-electron chi connectivity index (χ0n) is 10.3. The summed E-state index contributed by atoms with van der Waals surface area (Å²) in [6.07, 6.45) is 1.28. The van der Waals surface area contributed by atoms with Gasteiger partial charge in [-0.05, 0) is 17.7 Å². The number of thioether (sulfide) groups is 1. The van der Waals surface area contributed by atoms with Crippen LogP contribution in [0, 0.1) is 0 Å². The zero-order valence-corrected chi connectivity index (χ0v) is 12.2. The predicted octanol–water partition coefficient (Wildman–Crippen LogP) is 3.88. The number of hydrogen-bond donors (Lipinski definition) is 0. The Bertz CT molecular complexity index is 284. The van der Waals surface area contributed by atoms with E-state index in [1.807, 2.05) is 11.8 Å². The molecular formula is C13H22SSi. The summed E-state index contributed by atoms with van der Waals surface area (Å²) in [7, 11) is -1.10. The maximum absolute atomic E-state index is 2.40. The Balaban J connectivity index is 2.57. The topological polar surface area (TPSA) is 0 Å². The Morgan fingerprint density at radius 3 is 2.13 bits per heavy atom. The summed E-state index contributed by atoms with van der Waals surface area (Å²) in [6.45, 7) is 9.43. The van der Waals surface area contributed by atoms with E-state index in [9.17, 15) is 0 Å². The van der Waals surface area contributed by atoms with E-state index in [4.69, 9.17) is 0 Å². The Morgan fingerprint density at radius 1 is 1.07 bits per heavy atom. The molecule has 0 radical (unpaired) electrons. The summed E-state index contributed by atoms with van der Waals surface area (Å²) in [5.74, 6) is 2.44. The van der Waals surface area contributed by atoms with E-state index in [2.05, 4.69) is 50.8 Å². The van der Waals surface area contributed by atoms with Crippen LogP contribution in [0.2, 0.25) is 19.6 Å². The van der Waals surface area contributed by atoms with Crippen LogP contribution in [0.3, 0.4) is 0 Å². The lowest BCUT2D eigenvalue weighted by molar-refractivity contribution is 1.10. The highest BCUT2D eigenvalue weighted by atomic mass is 32.2. The van der Waals surface area contributed by atoms with Crippen molar-refractivity contribution in [3.8, 4) is 0 Å². The molecule has 0 saturated heterocycles. The molecule has 0 aliphatic carbocycles. The summed E-state index contributed by atoms with van der Waals surface area (Å²) in [4.78, 5) is 0. The van der Waals surface area contributed by atoms with Crippen molar-refractivity contribution in [2.75, 3.05) is 5.75 Å². The second-order valence-corrected chi connectivity index (χ2v) is 11.2. The molecule has 1 rings (SSSR count). The highest BCUT2D eigenvalue weighted by molar-refractivity contribution is 7.98. The Morgan fingerprint density at radius 2 is 1.67 bits per heavy atom. The molecule has 0 atom stereocenters. The molecule has 84 valence electrons. The lowest BCUT2D eigenvalue weighted by Gasteiger charge is -2.16. The van der Waals surface area contributed by atoms with E-state index in [1.54, 1.807) is 5.19 Å². The number of benzene rings is 1. The van der Waals surface area contributed by atoms with Crippen molar-refractivity contribution >= 4 is 25.0 Å². The van der Waals surface area contributed by atoms with Crippen LogP contribution in [0.4, 0.5) is 0 Å². The molecule has 0 nitrogen and oxygen atoms in total. The molecule has 1 aromatic carbocycles. The highest BCUT2D eigenvalue weighted by Crippen LogP contribution is 2.13. The lowest BCUT2D eigenvalue weighted by atomic mass is 10.2. The van der Waals surface area contributed by atoms with E-state index in [0.29, 0.717) is 0 Å². The Kier molecular flexibility index (Phi) is 4.93. The molecule has 0 heterocycles. The second-order valence-electron chi connectivity index (χ2n) is 5.00. The zero-order chi connectivity index (χ0) is 11.3. The second kappa shape index (κ2) is 5.76. The summed E-state index contributed by atoms with van der Waals surface area (Å²) in [6, 6.07) is 9.26. The smallest absolute Gasteiger partial charge is 0.0775 e. The molecule has 0 N–H and O–H groups in total. The molecule has 1 aromatic rings. The molecule has 0 spiro atoms. The monoisotopic (exact) mass is 238 g/mol. The minimum absolute atomic E-state index is 1.10. The van der Waals surface area contributed by atoms with Crippen molar-refractivity contribution in [2.24, 2.45) is 0 Å². The molecule has 0 fully saturated rings. The van der Waals surface area contributed by atoms with Gasteiger partial charge >= 0.3 is 0 Å². The summed E-state index contributed by atoms with van der Waals surface area (Å²) in [5.41, 5.74) is 1.47. The van der Waals surface area contributed by atoms with Crippen molar-refractivity contribution in [1.82, 2.24) is 0 Å². The fraction of sp³-hybridized carbons (Fsp3) is 0.538. The number of hydrogen-bond acceptors (Lipinski definition) is 1. The largest absolute Gasteiger partial charge is 0.157 e. The Labute approximate surface area is 99.5 Å². The first-order valence-corrected chi connectivity index (χ1v) is 10.4. The molecule has 0 unspecified atom stereocenters. The van der Waals surface area contributed by atoms with Gasteiger partial charge in [0.05, 0.1) is 8.07 Å². The first-order valence-electron chi connectivity index (χ1n) is 5.71. The van der Waals surface area contributed by atoms with Crippen LogP contribution >= 0.6 is 11.8 Å². The third kappa shape index (κ3) is 4.43. The third-order valence-electron chi connectivity index (χ3n) is 2.44. The normalized spacial score (nSPS) is 11.7. The van der Waals surface area contributed by atoms with Crippen LogP contribution in [0.5, 0.6) is 0 Å². The molecule has 0 aliphatic rings. The van der Waals surface area contributed by atoms with Gasteiger partial charge in [0.1, 0.15) is 0 Å². The summed E-state index contributed by atoms with van der Waals surface area (Å²) >= 11 is 2.03. The average Bonchev–Trinajstić information content (AvgIpc) is 2.18. The van der Waals surface area contributed by atoms with E-state index in [0.717, 1.165) is 0 Å². The van der Waals surface area contributed by atoms with Gasteiger partial charge in [0.2, 0.25) is 0 Å². The lowest BCUT2D eigenvalue weighted by Crippen LogP contribution is -2.37. The van der Waals surface area contributed by atoms with Crippen molar-refractivity contribution in [1.29, 1.82) is 0 Å². The van der Waals surface area contributed by atoms with Crippen molar-refractivity contribution in [3.63, 3.8) is 0 Å². The van der Waals surface area contributed by atoms with Gasteiger partial charge in [-0.2, -0.15) is 11.8 Å². The van der Waals surface area contributed by atoms with Crippen LogP contribution < -0.4 is 5.19 Å². The third-order valence-corrected chi connectivity index (χ3v) is 5.74. The van der Waals surface area contributed by atoms with Gasteiger partial charge in [-0.25, -0.2) is 0 Å². The van der Waals surface area contributed by atoms with Gasteiger partial charge in [-0.1, -0.05) is 56.0 Å². The first-order chi connectivity index (χ1) is 7.04. The van der Waals surface area contributed by atoms with Gasteiger partial charge in [0, 0.05) is 5.75 Å². The van der Waals surface area contributed by atoms with E-state index in [-0.39, 0.29) is 0 Å². The maximum Gasteiger partial charge on any atom is 0.0775 e. The first kappa shape index (κ1) is 12.9. The van der Waals surface area contributed by atoms with Crippen LogP contribution in [-0.2, 0) is 5.75 Å². The number of rotatable bonds is 5. The fourth-order valence-electron chi connectivity index (χ4n) is 1.44. The average molecular weight is 238 g/mol. The van der Waals surface area contributed by atoms with Crippen molar-refractivity contribution < 1.29 is 0 Å². The standard InChI is InChI=1S/C13H22SSi/c1-5-10-14-11-12-6-8-13(9-7-12)15(2,3)4/h6-9H,5,10-11H2,1-4H3. The minimum Gasteiger partial charge on any atom is -0.157 e. The Hall–Kier alpha value is -0.213. The van der Waals surface area contributed by atoms with Gasteiger partial charge in [-0.3, -0.25) is 0 Å². The van der Waals surface area contributed by atoms with Gasteiger partial charge in [-0.15, -0.1) is 0 Å². The van der Waals surface area contributed by atoms with Crippen LogP contribution in [0.15, 0.2) is 24.3 Å². The molecule has 0 amide bonds. The van der Waals surface area contributed by atoms with Gasteiger partial charge in [0.25, 0.3) is 0 Å². The minimum atomic E-state index is -1.10. The molecule has 15 heavy (non-hydrogen) atoms. The molecule has 2 heteroatoms. The molecule has 0 aromatic heterocycles. The molecular weight excluding hydrogens is 216 g/mol. The SMILES string of the molecule is CCCSCc1ccc([Si](C)(C)C)cc1. The van der Waals surface area contributed by atoms with Crippen molar-refractivity contribution in [2.45, 2.75) is 38.7 Å². The molecule has 0 bridgehead atoms. The molecule has 0 aliphatic heterocycles. The van der Waals surface area contributed by atoms with Gasteiger partial charge < -0.3 is 0 Å². The van der Waals surface area contributed by atoms with E-state index >= 15 is 0 Å². The van der Waals surface area contributed by atoms with Crippen LogP contribution in [0.25, 0.3) is 0 Å². The summed E-state index contributed by atoms with van der Waals surface area (Å²) in [5, 5.41) is 1.56. The predicted molar refractivity (Wildman–Crippen MR) is 75.9 cm³/mol. The van der Waals surface area contributed by atoms with Crippen LogP contribution in [-0.4, -0.2) is 13.8 Å². The maximum atomic E-state index is 2.40.